The number of nitrogens with zero attached hydrogens (tertiary/aromatic N) is 4. The van der Waals surface area contributed by atoms with Crippen LogP contribution in [0.5, 0.6) is 0 Å². The third kappa shape index (κ3) is 1.84. The molecule has 0 radical (unpaired) electrons. The van der Waals surface area contributed by atoms with Crippen molar-refractivity contribution in [2.24, 2.45) is 0 Å². The Labute approximate surface area is 105 Å². The zero-order chi connectivity index (χ0) is 12.5. The molecule has 1 amide bonds. The van der Waals surface area contributed by atoms with E-state index in [9.17, 15) is 4.79 Å². The number of rotatable bonds is 1. The quantitative estimate of drug-likeness (QED) is 0.777. The van der Waals surface area contributed by atoms with E-state index in [1.165, 1.54) is 0 Å². The van der Waals surface area contributed by atoms with Gasteiger partial charge in [0.05, 0.1) is 5.56 Å². The topological polar surface area (TPSA) is 62.5 Å². The Hall–Kier alpha value is -1.95. The normalized spacial score (nSPS) is 20.3. The van der Waals surface area contributed by atoms with E-state index in [0.717, 1.165) is 25.3 Å². The minimum atomic E-state index is 0.0691. The van der Waals surface area contributed by atoms with Crippen molar-refractivity contribution in [1.29, 1.82) is 0 Å². The summed E-state index contributed by atoms with van der Waals surface area (Å²) in [6, 6.07) is 3.84. The van der Waals surface area contributed by atoms with Crippen LogP contribution < -0.4 is 5.32 Å². The van der Waals surface area contributed by atoms with E-state index in [-0.39, 0.29) is 11.9 Å². The van der Waals surface area contributed by atoms with Gasteiger partial charge in [0.1, 0.15) is 6.33 Å². The van der Waals surface area contributed by atoms with Crippen LogP contribution in [-0.2, 0) is 0 Å². The fourth-order valence-corrected chi connectivity index (χ4v) is 2.26. The summed E-state index contributed by atoms with van der Waals surface area (Å²) in [5, 5.41) is 11.0. The zero-order valence-corrected chi connectivity index (χ0v) is 10.2. The standard InChI is InChI=1S/C12H15N5O/c1-9-6-13-4-5-17(9)12(18)10-2-3-11-15-14-8-16(11)7-10/h2-3,7-9,13H,4-6H2,1H3/t9-/m1/s1. The minimum absolute atomic E-state index is 0.0691. The first-order valence-corrected chi connectivity index (χ1v) is 6.07. The van der Waals surface area contributed by atoms with Crippen molar-refractivity contribution in [2.75, 3.05) is 19.6 Å². The van der Waals surface area contributed by atoms with Crippen molar-refractivity contribution in [3.8, 4) is 0 Å². The number of pyridine rings is 1. The molecule has 0 aromatic carbocycles. The molecule has 0 aliphatic carbocycles. The molecule has 1 fully saturated rings. The lowest BCUT2D eigenvalue weighted by atomic mass is 10.1. The van der Waals surface area contributed by atoms with Crippen molar-refractivity contribution in [1.82, 2.24) is 24.8 Å². The number of aromatic nitrogens is 3. The molecule has 18 heavy (non-hydrogen) atoms. The Kier molecular flexibility index (Phi) is 2.71. The van der Waals surface area contributed by atoms with E-state index < -0.39 is 0 Å². The summed E-state index contributed by atoms with van der Waals surface area (Å²) in [4.78, 5) is 14.3. The fraction of sp³-hybridized carbons (Fsp3) is 0.417. The number of amides is 1. The Morgan fingerprint density at radius 1 is 1.50 bits per heavy atom. The van der Waals surface area contributed by atoms with Crippen LogP contribution in [0.25, 0.3) is 5.65 Å². The third-order valence-corrected chi connectivity index (χ3v) is 3.30. The van der Waals surface area contributed by atoms with Crippen LogP contribution in [0.3, 0.4) is 0 Å². The molecule has 1 atom stereocenters. The summed E-state index contributed by atoms with van der Waals surface area (Å²) < 4.78 is 1.76. The number of hydrogen-bond donors (Lipinski definition) is 1. The van der Waals surface area contributed by atoms with Crippen molar-refractivity contribution in [3.05, 3.63) is 30.2 Å². The molecular weight excluding hydrogens is 230 g/mol. The van der Waals surface area contributed by atoms with Gasteiger partial charge in [-0.1, -0.05) is 0 Å². The van der Waals surface area contributed by atoms with Gasteiger partial charge >= 0.3 is 0 Å². The monoisotopic (exact) mass is 245 g/mol. The molecule has 1 aliphatic heterocycles. The molecular formula is C12H15N5O. The first-order chi connectivity index (χ1) is 8.75. The summed E-state index contributed by atoms with van der Waals surface area (Å²) in [5.41, 5.74) is 1.43. The highest BCUT2D eigenvalue weighted by Crippen LogP contribution is 2.11. The number of piperazine rings is 1. The summed E-state index contributed by atoms with van der Waals surface area (Å²) in [7, 11) is 0. The fourth-order valence-electron chi connectivity index (χ4n) is 2.26. The van der Waals surface area contributed by atoms with Crippen LogP contribution in [0.1, 0.15) is 17.3 Å². The van der Waals surface area contributed by atoms with Gasteiger partial charge in [-0.25, -0.2) is 0 Å². The van der Waals surface area contributed by atoms with Gasteiger partial charge in [0.25, 0.3) is 5.91 Å². The van der Waals surface area contributed by atoms with Crippen LogP contribution in [0.15, 0.2) is 24.7 Å². The molecule has 94 valence electrons. The second kappa shape index (κ2) is 4.38. The number of hydrogen-bond acceptors (Lipinski definition) is 4. The average molecular weight is 245 g/mol. The third-order valence-electron chi connectivity index (χ3n) is 3.30. The van der Waals surface area contributed by atoms with E-state index in [2.05, 4.69) is 22.4 Å². The second-order valence-electron chi connectivity index (χ2n) is 4.57. The molecule has 3 rings (SSSR count). The second-order valence-corrected chi connectivity index (χ2v) is 4.57. The summed E-state index contributed by atoms with van der Waals surface area (Å²) in [5.74, 6) is 0.0691. The molecule has 2 aromatic rings. The van der Waals surface area contributed by atoms with Crippen LogP contribution in [0.4, 0.5) is 0 Å². The zero-order valence-electron chi connectivity index (χ0n) is 10.2. The highest BCUT2D eigenvalue weighted by molar-refractivity contribution is 5.94. The molecule has 1 saturated heterocycles. The Morgan fingerprint density at radius 3 is 3.22 bits per heavy atom. The van der Waals surface area contributed by atoms with E-state index in [0.29, 0.717) is 5.56 Å². The number of carbonyl (C=O) groups is 1. The lowest BCUT2D eigenvalue weighted by Crippen LogP contribution is -2.52. The lowest BCUT2D eigenvalue weighted by Gasteiger charge is -2.34. The molecule has 3 heterocycles. The summed E-state index contributed by atoms with van der Waals surface area (Å²) in [6.07, 6.45) is 3.39. The number of fused-ring (bicyclic) bond motifs is 1. The largest absolute Gasteiger partial charge is 0.333 e. The van der Waals surface area contributed by atoms with Gasteiger partial charge in [0.15, 0.2) is 5.65 Å². The molecule has 0 unspecified atom stereocenters. The molecule has 6 nitrogen and oxygen atoms in total. The first-order valence-electron chi connectivity index (χ1n) is 6.07. The molecule has 1 N–H and O–H groups in total. The van der Waals surface area contributed by atoms with Gasteiger partial charge in [-0.2, -0.15) is 0 Å². The van der Waals surface area contributed by atoms with Crippen molar-refractivity contribution < 1.29 is 4.79 Å². The SMILES string of the molecule is C[C@@H]1CNCCN1C(=O)c1ccc2nncn2c1. The Bertz CT molecular complexity index is 579. The van der Waals surface area contributed by atoms with Gasteiger partial charge in [-0.15, -0.1) is 10.2 Å². The van der Waals surface area contributed by atoms with Gasteiger partial charge in [0, 0.05) is 31.9 Å². The first kappa shape index (κ1) is 11.2. The van der Waals surface area contributed by atoms with Gasteiger partial charge in [-0.3, -0.25) is 9.20 Å². The molecule has 2 aromatic heterocycles. The molecule has 0 spiro atoms. The minimum Gasteiger partial charge on any atom is -0.333 e. The average Bonchev–Trinajstić information content (AvgIpc) is 2.85. The van der Waals surface area contributed by atoms with E-state index in [1.807, 2.05) is 11.0 Å². The van der Waals surface area contributed by atoms with Crippen LogP contribution in [0.2, 0.25) is 0 Å². The summed E-state index contributed by atoms with van der Waals surface area (Å²) >= 11 is 0. The molecule has 6 heteroatoms. The number of carbonyl (C=O) groups excluding carboxylic acids is 1. The van der Waals surface area contributed by atoms with E-state index in [1.54, 1.807) is 23.0 Å². The maximum Gasteiger partial charge on any atom is 0.255 e. The maximum absolute atomic E-state index is 12.4. The van der Waals surface area contributed by atoms with E-state index in [4.69, 9.17) is 0 Å². The van der Waals surface area contributed by atoms with Crippen molar-refractivity contribution in [3.63, 3.8) is 0 Å². The highest BCUT2D eigenvalue weighted by atomic mass is 16.2. The van der Waals surface area contributed by atoms with E-state index >= 15 is 0 Å². The van der Waals surface area contributed by atoms with Crippen LogP contribution >= 0.6 is 0 Å². The van der Waals surface area contributed by atoms with Crippen molar-refractivity contribution in [2.45, 2.75) is 13.0 Å². The van der Waals surface area contributed by atoms with Gasteiger partial charge in [0.2, 0.25) is 0 Å². The predicted octanol–water partition coefficient (Wildman–Crippen LogP) is 0.163. The van der Waals surface area contributed by atoms with Gasteiger partial charge < -0.3 is 10.2 Å². The molecule has 0 saturated carbocycles. The van der Waals surface area contributed by atoms with Gasteiger partial charge in [-0.05, 0) is 19.1 Å². The molecule has 0 bridgehead atoms. The summed E-state index contributed by atoms with van der Waals surface area (Å²) in [6.45, 7) is 4.51. The Balaban J connectivity index is 1.90. The molecule has 1 aliphatic rings. The predicted molar refractivity (Wildman–Crippen MR) is 66.4 cm³/mol. The van der Waals surface area contributed by atoms with Crippen molar-refractivity contribution >= 4 is 11.6 Å². The Morgan fingerprint density at radius 2 is 2.39 bits per heavy atom. The maximum atomic E-state index is 12.4. The number of nitrogens with one attached hydrogen (secondary N) is 1. The van der Waals surface area contributed by atoms with Crippen LogP contribution in [-0.4, -0.2) is 51.1 Å². The smallest absolute Gasteiger partial charge is 0.255 e. The van der Waals surface area contributed by atoms with Crippen LogP contribution in [0, 0.1) is 0 Å². The lowest BCUT2D eigenvalue weighted by molar-refractivity contribution is 0.0655. The highest BCUT2D eigenvalue weighted by Gasteiger charge is 2.24.